The highest BCUT2D eigenvalue weighted by molar-refractivity contribution is 7.89. The van der Waals surface area contributed by atoms with E-state index < -0.39 is 21.9 Å². The summed E-state index contributed by atoms with van der Waals surface area (Å²) in [5.74, 6) is -1.81. The number of aromatic nitrogens is 2. The van der Waals surface area contributed by atoms with Crippen molar-refractivity contribution in [2.75, 3.05) is 19.6 Å². The molecule has 1 aliphatic rings. The Morgan fingerprint density at radius 1 is 1.38 bits per heavy atom. The molecule has 0 bridgehead atoms. The number of hydrogen-bond acceptors (Lipinski definition) is 5. The molecule has 1 fully saturated rings. The summed E-state index contributed by atoms with van der Waals surface area (Å²) in [6.45, 7) is 0.487. The molecule has 0 radical (unpaired) electrons. The van der Waals surface area contributed by atoms with Gasteiger partial charge in [0.2, 0.25) is 5.91 Å². The normalized spacial score (nSPS) is 21.7. The van der Waals surface area contributed by atoms with Crippen molar-refractivity contribution in [1.29, 1.82) is 0 Å². The van der Waals surface area contributed by atoms with Crippen molar-refractivity contribution in [3.63, 3.8) is 0 Å². The number of carboxylic acids is 1. The van der Waals surface area contributed by atoms with Gasteiger partial charge in [-0.25, -0.2) is 13.4 Å². The number of carbonyl (C=O) groups is 2. The van der Waals surface area contributed by atoms with Crippen molar-refractivity contribution in [3.05, 3.63) is 12.5 Å². The van der Waals surface area contributed by atoms with Crippen LogP contribution < -0.4 is 5.32 Å². The number of amides is 1. The van der Waals surface area contributed by atoms with Gasteiger partial charge in [-0.15, -0.1) is 0 Å². The minimum atomic E-state index is -3.81. The zero-order valence-corrected chi connectivity index (χ0v) is 14.3. The van der Waals surface area contributed by atoms with E-state index in [1.54, 1.807) is 7.05 Å². The molecule has 2 rings (SSSR count). The highest BCUT2D eigenvalue weighted by Gasteiger charge is 2.28. The number of nitrogens with one attached hydrogen (secondary N) is 1. The number of hydrogen-bond donors (Lipinski definition) is 2. The van der Waals surface area contributed by atoms with Crippen LogP contribution in [0.25, 0.3) is 0 Å². The van der Waals surface area contributed by atoms with E-state index in [0.29, 0.717) is 19.3 Å². The number of carbonyl (C=O) groups excluding carboxylic acids is 1. The predicted molar refractivity (Wildman–Crippen MR) is 84.6 cm³/mol. The molecule has 1 amide bonds. The highest BCUT2D eigenvalue weighted by atomic mass is 32.2. The largest absolute Gasteiger partial charge is 0.481 e. The van der Waals surface area contributed by atoms with Gasteiger partial charge >= 0.3 is 5.97 Å². The Bertz CT molecular complexity index is 700. The van der Waals surface area contributed by atoms with Crippen molar-refractivity contribution in [2.24, 2.45) is 13.0 Å². The number of carboxylic acid groups (broad SMARTS) is 1. The van der Waals surface area contributed by atoms with Gasteiger partial charge in [0.15, 0.2) is 5.03 Å². The smallest absolute Gasteiger partial charge is 0.306 e. The first-order chi connectivity index (χ1) is 11.3. The fourth-order valence-corrected chi connectivity index (χ4v) is 4.06. The second-order valence-electron chi connectivity index (χ2n) is 5.85. The molecule has 1 aliphatic heterocycles. The van der Waals surface area contributed by atoms with Crippen molar-refractivity contribution in [2.45, 2.75) is 30.7 Å². The molecule has 1 aromatic heterocycles. The van der Waals surface area contributed by atoms with Gasteiger partial charge in [-0.3, -0.25) is 9.59 Å². The summed E-state index contributed by atoms with van der Waals surface area (Å²) in [7, 11) is -2.14. The van der Waals surface area contributed by atoms with Crippen molar-refractivity contribution >= 4 is 21.9 Å². The molecule has 24 heavy (non-hydrogen) atoms. The molecule has 1 atom stereocenters. The maximum absolute atomic E-state index is 12.7. The van der Waals surface area contributed by atoms with E-state index >= 15 is 0 Å². The summed E-state index contributed by atoms with van der Waals surface area (Å²) in [4.78, 5) is 26.9. The summed E-state index contributed by atoms with van der Waals surface area (Å²) in [5.41, 5.74) is 0. The van der Waals surface area contributed by atoms with Gasteiger partial charge in [-0.05, 0) is 19.3 Å². The molecule has 0 saturated carbocycles. The Kier molecular flexibility index (Phi) is 5.94. The minimum absolute atomic E-state index is 0.0315. The van der Waals surface area contributed by atoms with E-state index in [1.807, 2.05) is 0 Å². The van der Waals surface area contributed by atoms with Crippen LogP contribution in [0.3, 0.4) is 0 Å². The van der Waals surface area contributed by atoms with Crippen LogP contribution in [-0.4, -0.2) is 58.9 Å². The van der Waals surface area contributed by atoms with E-state index in [4.69, 9.17) is 0 Å². The van der Waals surface area contributed by atoms with Crippen molar-refractivity contribution < 1.29 is 23.1 Å². The zero-order valence-electron chi connectivity index (χ0n) is 13.5. The Morgan fingerprint density at radius 2 is 2.12 bits per heavy atom. The van der Waals surface area contributed by atoms with Gasteiger partial charge in [0.1, 0.15) is 0 Å². The zero-order chi connectivity index (χ0) is 17.7. The SMILES string of the molecule is Cn1cnc(S(=O)(=O)N2CCCC(C(=O)O)CCNC(=O)CC2)c1. The summed E-state index contributed by atoms with van der Waals surface area (Å²) in [5, 5.41) is 11.8. The maximum atomic E-state index is 12.7. The molecule has 0 aromatic carbocycles. The molecule has 0 aliphatic carbocycles. The van der Waals surface area contributed by atoms with E-state index in [1.165, 1.54) is 21.4 Å². The molecular weight excluding hydrogens is 336 g/mol. The van der Waals surface area contributed by atoms with Crippen LogP contribution >= 0.6 is 0 Å². The molecule has 2 N–H and O–H groups in total. The molecule has 0 spiro atoms. The number of aryl methyl sites for hydroxylation is 1. The summed E-state index contributed by atoms with van der Waals surface area (Å²) < 4.78 is 28.1. The summed E-state index contributed by atoms with van der Waals surface area (Å²) >= 11 is 0. The molecule has 9 nitrogen and oxygen atoms in total. The molecule has 1 saturated heterocycles. The van der Waals surface area contributed by atoms with Crippen LogP contribution in [0.15, 0.2) is 17.6 Å². The predicted octanol–water partition coefficient (Wildman–Crippen LogP) is -0.198. The van der Waals surface area contributed by atoms with Gasteiger partial charge in [0.25, 0.3) is 10.0 Å². The van der Waals surface area contributed by atoms with E-state index in [0.717, 1.165) is 0 Å². The van der Waals surface area contributed by atoms with Gasteiger partial charge in [0.05, 0.1) is 12.2 Å². The third kappa shape index (κ3) is 4.54. The first kappa shape index (κ1) is 18.4. The number of nitrogens with zero attached hydrogens (tertiary/aromatic N) is 3. The van der Waals surface area contributed by atoms with E-state index in [9.17, 15) is 23.1 Å². The third-order valence-corrected chi connectivity index (χ3v) is 5.78. The topological polar surface area (TPSA) is 122 Å². The molecule has 1 unspecified atom stereocenters. The first-order valence-electron chi connectivity index (χ1n) is 7.78. The van der Waals surface area contributed by atoms with Gasteiger partial charge in [0, 0.05) is 39.3 Å². The first-order valence-corrected chi connectivity index (χ1v) is 9.22. The molecule has 134 valence electrons. The van der Waals surface area contributed by atoms with Gasteiger partial charge < -0.3 is 15.0 Å². The van der Waals surface area contributed by atoms with Crippen LogP contribution in [0.4, 0.5) is 0 Å². The van der Waals surface area contributed by atoms with Gasteiger partial charge in [-0.1, -0.05) is 0 Å². The summed E-state index contributed by atoms with van der Waals surface area (Å²) in [6.07, 6.45) is 3.95. The lowest BCUT2D eigenvalue weighted by atomic mass is 9.99. The highest BCUT2D eigenvalue weighted by Crippen LogP contribution is 2.18. The monoisotopic (exact) mass is 358 g/mol. The standard InChI is InChI=1S/C14H22N4O5S/c1-17-9-13(16-10-17)24(22,23)18-7-2-3-11(14(20)21)4-6-15-12(19)5-8-18/h9-11H,2-8H2,1H3,(H,15,19)(H,20,21). The van der Waals surface area contributed by atoms with E-state index in [-0.39, 0.29) is 37.0 Å². The molecule has 1 aromatic rings. The van der Waals surface area contributed by atoms with Gasteiger partial charge in [-0.2, -0.15) is 4.31 Å². The molecular formula is C14H22N4O5S. The Morgan fingerprint density at radius 3 is 2.75 bits per heavy atom. The minimum Gasteiger partial charge on any atom is -0.481 e. The number of aliphatic carboxylic acids is 1. The number of rotatable bonds is 3. The fraction of sp³-hybridized carbons (Fsp3) is 0.643. The quantitative estimate of drug-likeness (QED) is 0.772. The van der Waals surface area contributed by atoms with Crippen LogP contribution in [0.5, 0.6) is 0 Å². The van der Waals surface area contributed by atoms with Crippen molar-refractivity contribution in [3.8, 4) is 0 Å². The molecule has 2 heterocycles. The second kappa shape index (κ2) is 7.75. The molecule has 10 heteroatoms. The fourth-order valence-electron chi connectivity index (χ4n) is 2.61. The lowest BCUT2D eigenvalue weighted by Gasteiger charge is -2.20. The lowest BCUT2D eigenvalue weighted by Crippen LogP contribution is -2.36. The summed E-state index contributed by atoms with van der Waals surface area (Å²) in [6, 6.07) is 0. The van der Waals surface area contributed by atoms with Crippen LogP contribution in [0.1, 0.15) is 25.7 Å². The third-order valence-electron chi connectivity index (χ3n) is 4.00. The number of imidazole rings is 1. The number of sulfonamides is 1. The Hall–Kier alpha value is -1.94. The van der Waals surface area contributed by atoms with Crippen LogP contribution in [0.2, 0.25) is 0 Å². The Labute approximate surface area is 140 Å². The van der Waals surface area contributed by atoms with E-state index in [2.05, 4.69) is 10.3 Å². The van der Waals surface area contributed by atoms with Crippen LogP contribution in [0, 0.1) is 5.92 Å². The average Bonchev–Trinajstić information content (AvgIpc) is 2.93. The van der Waals surface area contributed by atoms with Crippen molar-refractivity contribution in [1.82, 2.24) is 19.2 Å². The maximum Gasteiger partial charge on any atom is 0.306 e. The Balaban J connectivity index is 2.18. The van der Waals surface area contributed by atoms with Crippen LogP contribution in [-0.2, 0) is 26.7 Å². The second-order valence-corrected chi connectivity index (χ2v) is 7.73. The average molecular weight is 358 g/mol. The lowest BCUT2D eigenvalue weighted by molar-refractivity contribution is -0.142.